The number of aryl methyl sites for hydroxylation is 1. The molecular formula is C14H22ClN3O2S. The van der Waals surface area contributed by atoms with Crippen LogP contribution >= 0.6 is 11.6 Å². The van der Waals surface area contributed by atoms with E-state index in [0.717, 1.165) is 18.5 Å². The van der Waals surface area contributed by atoms with E-state index in [4.69, 9.17) is 11.6 Å². The van der Waals surface area contributed by atoms with Crippen molar-refractivity contribution in [1.82, 2.24) is 9.62 Å². The van der Waals surface area contributed by atoms with Crippen molar-refractivity contribution in [3.05, 3.63) is 28.8 Å². The molecule has 0 heterocycles. The monoisotopic (exact) mass is 331 g/mol. The van der Waals surface area contributed by atoms with Crippen LogP contribution in [0.3, 0.4) is 0 Å². The summed E-state index contributed by atoms with van der Waals surface area (Å²) in [5, 5.41) is 3.88. The fraction of sp³-hybridized carbons (Fsp3) is 0.571. The number of halogens is 1. The number of rotatable bonds is 8. The zero-order valence-electron chi connectivity index (χ0n) is 12.4. The molecule has 118 valence electrons. The first-order valence-electron chi connectivity index (χ1n) is 7.12. The summed E-state index contributed by atoms with van der Waals surface area (Å²) in [7, 11) is -1.96. The van der Waals surface area contributed by atoms with E-state index in [1.165, 1.54) is 17.1 Å². The Bertz CT molecular complexity index is 588. The summed E-state index contributed by atoms with van der Waals surface area (Å²) in [6.45, 7) is 3.17. The highest BCUT2D eigenvalue weighted by molar-refractivity contribution is 7.90. The van der Waals surface area contributed by atoms with Gasteiger partial charge in [-0.15, -0.1) is 0 Å². The molecule has 1 aromatic carbocycles. The fourth-order valence-corrected chi connectivity index (χ4v) is 3.13. The summed E-state index contributed by atoms with van der Waals surface area (Å²) in [5.41, 5.74) is 1.36. The van der Waals surface area contributed by atoms with Crippen LogP contribution in [0.15, 0.2) is 18.2 Å². The quantitative estimate of drug-likeness (QED) is 0.719. The van der Waals surface area contributed by atoms with Gasteiger partial charge in [-0.3, -0.25) is 4.72 Å². The Morgan fingerprint density at radius 2 is 2.10 bits per heavy atom. The van der Waals surface area contributed by atoms with Gasteiger partial charge < -0.3 is 5.32 Å². The maximum absolute atomic E-state index is 12.3. The summed E-state index contributed by atoms with van der Waals surface area (Å²) in [5.74, 6) is 0. The molecule has 2 N–H and O–H groups in total. The second kappa shape index (κ2) is 6.96. The topological polar surface area (TPSA) is 61.4 Å². The first-order chi connectivity index (χ1) is 9.88. The van der Waals surface area contributed by atoms with Gasteiger partial charge in [-0.1, -0.05) is 17.7 Å². The third kappa shape index (κ3) is 5.14. The van der Waals surface area contributed by atoms with Gasteiger partial charge in [-0.25, -0.2) is 0 Å². The lowest BCUT2D eigenvalue weighted by Crippen LogP contribution is -2.34. The van der Waals surface area contributed by atoms with E-state index < -0.39 is 10.2 Å². The van der Waals surface area contributed by atoms with Crippen LogP contribution in [-0.4, -0.2) is 38.9 Å². The van der Waals surface area contributed by atoms with Gasteiger partial charge in [0.15, 0.2) is 0 Å². The molecule has 1 fully saturated rings. The average Bonchev–Trinajstić information content (AvgIpc) is 3.22. The zero-order valence-corrected chi connectivity index (χ0v) is 14.0. The van der Waals surface area contributed by atoms with Crippen LogP contribution in [0.4, 0.5) is 5.69 Å². The van der Waals surface area contributed by atoms with Crippen LogP contribution in [0.25, 0.3) is 0 Å². The van der Waals surface area contributed by atoms with Crippen molar-refractivity contribution >= 4 is 27.5 Å². The van der Waals surface area contributed by atoms with Crippen molar-refractivity contribution in [2.45, 2.75) is 32.2 Å². The molecule has 0 spiro atoms. The fourth-order valence-electron chi connectivity index (χ4n) is 1.94. The van der Waals surface area contributed by atoms with E-state index in [1.54, 1.807) is 25.2 Å². The van der Waals surface area contributed by atoms with Crippen molar-refractivity contribution < 1.29 is 8.42 Å². The van der Waals surface area contributed by atoms with Crippen LogP contribution in [0.1, 0.15) is 24.8 Å². The largest absolute Gasteiger partial charge is 0.314 e. The minimum Gasteiger partial charge on any atom is -0.314 e. The highest BCUT2D eigenvalue weighted by atomic mass is 35.5. The van der Waals surface area contributed by atoms with Gasteiger partial charge in [0.1, 0.15) is 0 Å². The number of nitrogens with zero attached hydrogens (tertiary/aromatic N) is 1. The zero-order chi connectivity index (χ0) is 15.5. The number of anilines is 1. The SMILES string of the molecule is Cc1ccc(Cl)cc1NS(=O)(=O)N(C)CCCNC1CC1. The van der Waals surface area contributed by atoms with Gasteiger partial charge in [-0.2, -0.15) is 12.7 Å². The van der Waals surface area contributed by atoms with Gasteiger partial charge in [0, 0.05) is 24.7 Å². The molecule has 2 rings (SSSR count). The molecular weight excluding hydrogens is 310 g/mol. The lowest BCUT2D eigenvalue weighted by atomic mass is 10.2. The number of hydrogen-bond donors (Lipinski definition) is 2. The van der Waals surface area contributed by atoms with Gasteiger partial charge in [-0.05, 0) is 50.4 Å². The van der Waals surface area contributed by atoms with Gasteiger partial charge in [0.05, 0.1) is 5.69 Å². The van der Waals surface area contributed by atoms with Gasteiger partial charge >= 0.3 is 10.2 Å². The molecule has 0 radical (unpaired) electrons. The Morgan fingerprint density at radius 1 is 1.38 bits per heavy atom. The molecule has 0 aliphatic heterocycles. The van der Waals surface area contributed by atoms with Crippen LogP contribution in [0.5, 0.6) is 0 Å². The summed E-state index contributed by atoms with van der Waals surface area (Å²) in [4.78, 5) is 0. The normalized spacial score (nSPS) is 15.4. The Kier molecular flexibility index (Phi) is 5.48. The van der Waals surface area contributed by atoms with Gasteiger partial charge in [0.2, 0.25) is 0 Å². The molecule has 1 aliphatic carbocycles. The van der Waals surface area contributed by atoms with Crippen LogP contribution < -0.4 is 10.0 Å². The van der Waals surface area contributed by atoms with Crippen LogP contribution in [-0.2, 0) is 10.2 Å². The number of hydrogen-bond acceptors (Lipinski definition) is 3. The Balaban J connectivity index is 1.88. The molecule has 0 amide bonds. The van der Waals surface area contributed by atoms with Crippen molar-refractivity contribution in [2.24, 2.45) is 0 Å². The van der Waals surface area contributed by atoms with Crippen LogP contribution in [0, 0.1) is 6.92 Å². The van der Waals surface area contributed by atoms with E-state index in [9.17, 15) is 8.42 Å². The maximum atomic E-state index is 12.3. The standard InChI is InChI=1S/C14H22ClN3O2S/c1-11-4-5-12(15)10-14(11)17-21(19,20)18(2)9-3-8-16-13-6-7-13/h4-5,10,13,16-17H,3,6-9H2,1-2H3. The van der Waals surface area contributed by atoms with Crippen LogP contribution in [0.2, 0.25) is 5.02 Å². The second-order valence-corrected chi connectivity index (χ2v) is 7.68. The molecule has 0 bridgehead atoms. The highest BCUT2D eigenvalue weighted by Crippen LogP contribution is 2.22. The molecule has 1 aliphatic rings. The van der Waals surface area contributed by atoms with E-state index in [-0.39, 0.29) is 0 Å². The summed E-state index contributed by atoms with van der Waals surface area (Å²) in [6, 6.07) is 5.80. The summed E-state index contributed by atoms with van der Waals surface area (Å²) >= 11 is 5.91. The van der Waals surface area contributed by atoms with E-state index in [2.05, 4.69) is 10.0 Å². The van der Waals surface area contributed by atoms with Crippen molar-refractivity contribution in [2.75, 3.05) is 24.9 Å². The number of benzene rings is 1. The van der Waals surface area contributed by atoms with E-state index in [1.807, 2.05) is 6.92 Å². The lowest BCUT2D eigenvalue weighted by Gasteiger charge is -2.19. The van der Waals surface area contributed by atoms with Crippen molar-refractivity contribution in [3.8, 4) is 0 Å². The first-order valence-corrected chi connectivity index (χ1v) is 8.94. The maximum Gasteiger partial charge on any atom is 0.301 e. The van der Waals surface area contributed by atoms with Crippen molar-refractivity contribution in [3.63, 3.8) is 0 Å². The molecule has 0 unspecified atom stereocenters. The first kappa shape index (κ1) is 16.5. The molecule has 1 aromatic rings. The smallest absolute Gasteiger partial charge is 0.301 e. The average molecular weight is 332 g/mol. The highest BCUT2D eigenvalue weighted by Gasteiger charge is 2.21. The molecule has 1 saturated carbocycles. The molecule has 0 saturated heterocycles. The Labute approximate surface area is 131 Å². The number of nitrogens with one attached hydrogen (secondary N) is 2. The summed E-state index contributed by atoms with van der Waals surface area (Å²) < 4.78 is 28.4. The predicted octanol–water partition coefficient (Wildman–Crippen LogP) is 2.38. The Hall–Kier alpha value is -0.820. The summed E-state index contributed by atoms with van der Waals surface area (Å²) in [6.07, 6.45) is 3.27. The Morgan fingerprint density at radius 3 is 2.76 bits per heavy atom. The third-order valence-corrected chi connectivity index (χ3v) is 5.23. The molecule has 21 heavy (non-hydrogen) atoms. The van der Waals surface area contributed by atoms with Gasteiger partial charge in [0.25, 0.3) is 0 Å². The lowest BCUT2D eigenvalue weighted by molar-refractivity contribution is 0.458. The predicted molar refractivity (Wildman–Crippen MR) is 87.0 cm³/mol. The van der Waals surface area contributed by atoms with Crippen molar-refractivity contribution in [1.29, 1.82) is 0 Å². The molecule has 0 atom stereocenters. The molecule has 5 nitrogen and oxygen atoms in total. The minimum atomic E-state index is -3.54. The van der Waals surface area contributed by atoms with E-state index in [0.29, 0.717) is 23.3 Å². The second-order valence-electron chi connectivity index (χ2n) is 5.47. The molecule has 7 heteroatoms. The third-order valence-electron chi connectivity index (χ3n) is 3.51. The molecule has 0 aromatic heterocycles. The minimum absolute atomic E-state index is 0.481. The van der Waals surface area contributed by atoms with E-state index >= 15 is 0 Å².